The first-order valence-corrected chi connectivity index (χ1v) is 4.56. The summed E-state index contributed by atoms with van der Waals surface area (Å²) in [5.41, 5.74) is 0.489. The van der Waals surface area contributed by atoms with Gasteiger partial charge in [0.25, 0.3) is 0 Å². The Bertz CT molecular complexity index is 145. The van der Waals surface area contributed by atoms with Crippen molar-refractivity contribution in [3.63, 3.8) is 0 Å². The first-order valence-electron chi connectivity index (χ1n) is 4.56. The van der Waals surface area contributed by atoms with Crippen LogP contribution in [0.3, 0.4) is 0 Å². The summed E-state index contributed by atoms with van der Waals surface area (Å²) in [6.07, 6.45) is 0. The number of hydrogen-bond acceptors (Lipinski definition) is 2. The Labute approximate surface area is 68.7 Å². The Morgan fingerprint density at radius 1 is 1.09 bits per heavy atom. The van der Waals surface area contributed by atoms with E-state index in [1.165, 1.54) is 13.1 Å². The third-order valence-electron chi connectivity index (χ3n) is 3.02. The van der Waals surface area contributed by atoms with Crippen LogP contribution in [-0.2, 0) is 0 Å². The Kier molecular flexibility index (Phi) is 1.52. The molecule has 0 amide bonds. The van der Waals surface area contributed by atoms with E-state index in [-0.39, 0.29) is 0 Å². The topological polar surface area (TPSA) is 24.1 Å². The Morgan fingerprint density at radius 3 is 1.91 bits per heavy atom. The highest BCUT2D eigenvalue weighted by Gasteiger charge is 2.48. The van der Waals surface area contributed by atoms with Crippen molar-refractivity contribution in [3.8, 4) is 0 Å². The van der Waals surface area contributed by atoms with E-state index in [2.05, 4.69) is 31.4 Å². The zero-order chi connectivity index (χ0) is 8.06. The van der Waals surface area contributed by atoms with Crippen molar-refractivity contribution >= 4 is 0 Å². The molecule has 2 unspecified atom stereocenters. The fourth-order valence-corrected chi connectivity index (χ4v) is 2.62. The largest absolute Gasteiger partial charge is 0.314 e. The molecule has 3 heterocycles. The van der Waals surface area contributed by atoms with E-state index < -0.39 is 0 Å². The van der Waals surface area contributed by atoms with Gasteiger partial charge in [0.05, 0.1) is 0 Å². The first kappa shape index (κ1) is 7.56. The molecule has 2 atom stereocenters. The number of fused-ring (bicyclic) bond motifs is 2. The second kappa shape index (κ2) is 2.20. The Balaban J connectivity index is 2.06. The smallest absolute Gasteiger partial charge is 0.0244 e. The van der Waals surface area contributed by atoms with Crippen LogP contribution in [0.2, 0.25) is 0 Å². The van der Waals surface area contributed by atoms with Crippen molar-refractivity contribution < 1.29 is 0 Å². The van der Waals surface area contributed by atoms with Gasteiger partial charge in [-0.25, -0.2) is 0 Å². The van der Waals surface area contributed by atoms with E-state index in [4.69, 9.17) is 0 Å². The lowest BCUT2D eigenvalue weighted by Gasteiger charge is -2.56. The van der Waals surface area contributed by atoms with Crippen molar-refractivity contribution in [3.05, 3.63) is 0 Å². The van der Waals surface area contributed by atoms with E-state index in [1.54, 1.807) is 0 Å². The lowest BCUT2D eigenvalue weighted by atomic mass is 9.65. The number of piperazine rings is 1. The van der Waals surface area contributed by atoms with E-state index in [0.717, 1.165) is 18.0 Å². The van der Waals surface area contributed by atoms with E-state index in [9.17, 15) is 0 Å². The molecule has 3 aliphatic rings. The quantitative estimate of drug-likeness (QED) is 0.533. The van der Waals surface area contributed by atoms with Crippen molar-refractivity contribution in [2.24, 2.45) is 11.3 Å². The molecule has 64 valence electrons. The summed E-state index contributed by atoms with van der Waals surface area (Å²) in [6.45, 7) is 9.38. The van der Waals surface area contributed by atoms with Crippen molar-refractivity contribution in [1.29, 1.82) is 0 Å². The molecule has 0 aliphatic carbocycles. The van der Waals surface area contributed by atoms with E-state index >= 15 is 0 Å². The molecule has 2 N–H and O–H groups in total. The SMILES string of the molecule is CC(C)(C)C1C2CNCC1N2. The molecule has 0 spiro atoms. The zero-order valence-electron chi connectivity index (χ0n) is 7.65. The van der Waals surface area contributed by atoms with Gasteiger partial charge >= 0.3 is 0 Å². The lowest BCUT2D eigenvalue weighted by Crippen LogP contribution is -2.75. The average Bonchev–Trinajstić information content (AvgIpc) is 1.85. The molecule has 11 heavy (non-hydrogen) atoms. The minimum absolute atomic E-state index is 0.489. The molecule has 3 saturated heterocycles. The number of piperidine rings is 1. The van der Waals surface area contributed by atoms with Gasteiger partial charge in [0.2, 0.25) is 0 Å². The van der Waals surface area contributed by atoms with Gasteiger partial charge in [-0.1, -0.05) is 20.8 Å². The molecule has 3 aliphatic heterocycles. The molecule has 0 aromatic carbocycles. The summed E-state index contributed by atoms with van der Waals surface area (Å²) in [4.78, 5) is 0. The van der Waals surface area contributed by atoms with Crippen LogP contribution in [0.5, 0.6) is 0 Å². The second-order valence-corrected chi connectivity index (χ2v) is 4.93. The van der Waals surface area contributed by atoms with Crippen LogP contribution < -0.4 is 10.6 Å². The molecule has 2 bridgehead atoms. The van der Waals surface area contributed by atoms with Crippen molar-refractivity contribution in [1.82, 2.24) is 10.6 Å². The van der Waals surface area contributed by atoms with Gasteiger partial charge in [0.1, 0.15) is 0 Å². The third kappa shape index (κ3) is 1.09. The summed E-state index contributed by atoms with van der Waals surface area (Å²) < 4.78 is 0. The van der Waals surface area contributed by atoms with Gasteiger partial charge in [-0.15, -0.1) is 0 Å². The van der Waals surface area contributed by atoms with Gasteiger partial charge in [0.15, 0.2) is 0 Å². The highest BCUT2D eigenvalue weighted by atomic mass is 15.2. The average molecular weight is 154 g/mol. The second-order valence-electron chi connectivity index (χ2n) is 4.93. The maximum Gasteiger partial charge on any atom is 0.0244 e. The molecule has 3 fully saturated rings. The highest BCUT2D eigenvalue weighted by Crippen LogP contribution is 2.38. The lowest BCUT2D eigenvalue weighted by molar-refractivity contribution is 0.0113. The molecule has 3 rings (SSSR count). The number of hydrogen-bond donors (Lipinski definition) is 2. The van der Waals surface area contributed by atoms with Crippen LogP contribution in [0.15, 0.2) is 0 Å². The van der Waals surface area contributed by atoms with Crippen LogP contribution in [0, 0.1) is 11.3 Å². The predicted octanol–water partition coefficient (Wildman–Crippen LogP) is 0.592. The minimum Gasteiger partial charge on any atom is -0.314 e. The molecular formula is C9H18N2. The minimum atomic E-state index is 0.489. The van der Waals surface area contributed by atoms with Crippen LogP contribution in [0.25, 0.3) is 0 Å². The summed E-state index contributed by atoms with van der Waals surface area (Å²) in [6, 6.07) is 1.49. The molecule has 0 saturated carbocycles. The van der Waals surface area contributed by atoms with Gasteiger partial charge in [0, 0.05) is 25.2 Å². The predicted molar refractivity (Wildman–Crippen MR) is 46.5 cm³/mol. The normalized spacial score (nSPS) is 43.4. The number of nitrogens with one attached hydrogen (secondary N) is 2. The van der Waals surface area contributed by atoms with Crippen LogP contribution in [0.4, 0.5) is 0 Å². The number of rotatable bonds is 0. The molecule has 0 aromatic rings. The van der Waals surface area contributed by atoms with Gasteiger partial charge < -0.3 is 10.6 Å². The Morgan fingerprint density at radius 2 is 1.64 bits per heavy atom. The fraction of sp³-hybridized carbons (Fsp3) is 1.00. The molecular weight excluding hydrogens is 136 g/mol. The summed E-state index contributed by atoms with van der Waals surface area (Å²) in [5, 5.41) is 7.00. The first-order chi connectivity index (χ1) is 5.09. The van der Waals surface area contributed by atoms with Gasteiger partial charge in [-0.3, -0.25) is 0 Å². The maximum absolute atomic E-state index is 3.57. The van der Waals surface area contributed by atoms with Crippen molar-refractivity contribution in [2.75, 3.05) is 13.1 Å². The van der Waals surface area contributed by atoms with Crippen LogP contribution >= 0.6 is 0 Å². The molecule has 0 radical (unpaired) electrons. The molecule has 2 heteroatoms. The monoisotopic (exact) mass is 154 g/mol. The standard InChI is InChI=1S/C9H18N2/c1-9(2,3)8-6-4-10-5-7(8)11-6/h6-8,10-11H,4-5H2,1-3H3. The maximum atomic E-state index is 3.57. The van der Waals surface area contributed by atoms with Gasteiger partial charge in [-0.2, -0.15) is 0 Å². The highest BCUT2D eigenvalue weighted by molar-refractivity contribution is 5.07. The van der Waals surface area contributed by atoms with Crippen LogP contribution in [0.1, 0.15) is 20.8 Å². The molecule has 2 nitrogen and oxygen atoms in total. The fourth-order valence-electron chi connectivity index (χ4n) is 2.62. The van der Waals surface area contributed by atoms with E-state index in [0.29, 0.717) is 5.41 Å². The summed E-state index contributed by atoms with van der Waals surface area (Å²) in [7, 11) is 0. The van der Waals surface area contributed by atoms with Crippen molar-refractivity contribution in [2.45, 2.75) is 32.9 Å². The van der Waals surface area contributed by atoms with E-state index in [1.807, 2.05) is 0 Å². The van der Waals surface area contributed by atoms with Crippen LogP contribution in [-0.4, -0.2) is 25.2 Å². The third-order valence-corrected chi connectivity index (χ3v) is 3.02. The Hall–Kier alpha value is -0.0800. The summed E-state index contributed by atoms with van der Waals surface area (Å²) >= 11 is 0. The summed E-state index contributed by atoms with van der Waals surface area (Å²) in [5.74, 6) is 0.892. The zero-order valence-corrected chi connectivity index (χ0v) is 7.65. The molecule has 0 aromatic heterocycles. The van der Waals surface area contributed by atoms with Gasteiger partial charge in [-0.05, 0) is 11.3 Å².